The minimum Gasteiger partial charge on any atom is -0.495 e. The third-order valence-corrected chi connectivity index (χ3v) is 3.83. The summed E-state index contributed by atoms with van der Waals surface area (Å²) in [6, 6.07) is 14.2. The van der Waals surface area contributed by atoms with Crippen LogP contribution in [0.1, 0.15) is 42.6 Å². The van der Waals surface area contributed by atoms with E-state index >= 15 is 0 Å². The van der Waals surface area contributed by atoms with Crippen LogP contribution in [-0.4, -0.2) is 25.1 Å². The van der Waals surface area contributed by atoms with Crippen molar-refractivity contribution in [1.29, 1.82) is 0 Å². The van der Waals surface area contributed by atoms with Crippen molar-refractivity contribution in [3.63, 3.8) is 0 Å². The van der Waals surface area contributed by atoms with Gasteiger partial charge >= 0.3 is 5.97 Å². The molecule has 0 unspecified atom stereocenters. The zero-order chi connectivity index (χ0) is 18.4. The summed E-state index contributed by atoms with van der Waals surface area (Å²) < 4.78 is 10.4. The summed E-state index contributed by atoms with van der Waals surface area (Å²) in [5.41, 5.74) is 2.08. The standard InChI is InChI=1S/C20H23NO4/c1-13(2)15-9-11-16(12-10-15)20(23)25-14(3)19(22)21-17-7-5-6-8-18(17)24-4/h5-14H,1-4H3,(H,21,22)/t14-/m1/s1. The van der Waals surface area contributed by atoms with Gasteiger partial charge in [-0.3, -0.25) is 4.79 Å². The highest BCUT2D eigenvalue weighted by Crippen LogP contribution is 2.23. The van der Waals surface area contributed by atoms with E-state index in [1.165, 1.54) is 14.0 Å². The summed E-state index contributed by atoms with van der Waals surface area (Å²) in [5, 5.41) is 2.70. The van der Waals surface area contributed by atoms with Crippen LogP contribution in [0.15, 0.2) is 48.5 Å². The number of benzene rings is 2. The van der Waals surface area contributed by atoms with Gasteiger partial charge < -0.3 is 14.8 Å². The zero-order valence-corrected chi connectivity index (χ0v) is 14.9. The maximum Gasteiger partial charge on any atom is 0.338 e. The fraction of sp³-hybridized carbons (Fsp3) is 0.300. The fourth-order valence-corrected chi connectivity index (χ4v) is 2.27. The van der Waals surface area contributed by atoms with Gasteiger partial charge in [-0.15, -0.1) is 0 Å². The number of hydrogen-bond acceptors (Lipinski definition) is 4. The minimum absolute atomic E-state index is 0.385. The van der Waals surface area contributed by atoms with Crippen LogP contribution in [0.3, 0.4) is 0 Å². The van der Waals surface area contributed by atoms with E-state index < -0.39 is 18.0 Å². The Morgan fingerprint density at radius 2 is 1.60 bits per heavy atom. The summed E-state index contributed by atoms with van der Waals surface area (Å²) in [7, 11) is 1.52. The highest BCUT2D eigenvalue weighted by atomic mass is 16.5. The lowest BCUT2D eigenvalue weighted by Crippen LogP contribution is -2.30. The quantitative estimate of drug-likeness (QED) is 0.807. The second-order valence-electron chi connectivity index (χ2n) is 6.01. The maximum atomic E-state index is 12.2. The molecule has 0 saturated heterocycles. The predicted molar refractivity (Wildman–Crippen MR) is 97.0 cm³/mol. The van der Waals surface area contributed by atoms with Gasteiger partial charge in [0.1, 0.15) is 5.75 Å². The van der Waals surface area contributed by atoms with Gasteiger partial charge in [-0.25, -0.2) is 4.79 Å². The second-order valence-corrected chi connectivity index (χ2v) is 6.01. The molecule has 1 N–H and O–H groups in total. The third-order valence-electron chi connectivity index (χ3n) is 3.83. The zero-order valence-electron chi connectivity index (χ0n) is 14.9. The molecule has 0 aliphatic heterocycles. The normalized spacial score (nSPS) is 11.7. The topological polar surface area (TPSA) is 64.6 Å². The Morgan fingerprint density at radius 3 is 2.20 bits per heavy atom. The molecule has 2 rings (SSSR count). The summed E-state index contributed by atoms with van der Waals surface area (Å²) in [4.78, 5) is 24.4. The number of carbonyl (C=O) groups excluding carboxylic acids is 2. The first-order valence-electron chi connectivity index (χ1n) is 8.17. The lowest BCUT2D eigenvalue weighted by Gasteiger charge is -2.15. The summed E-state index contributed by atoms with van der Waals surface area (Å²) in [5.74, 6) is -0.0242. The Morgan fingerprint density at radius 1 is 0.960 bits per heavy atom. The van der Waals surface area contributed by atoms with Crippen LogP contribution < -0.4 is 10.1 Å². The van der Waals surface area contributed by atoms with E-state index in [4.69, 9.17) is 9.47 Å². The molecular formula is C20H23NO4. The molecule has 0 fully saturated rings. The molecule has 0 aromatic heterocycles. The Hall–Kier alpha value is -2.82. The lowest BCUT2D eigenvalue weighted by atomic mass is 10.0. The maximum absolute atomic E-state index is 12.2. The molecule has 2 aromatic rings. The SMILES string of the molecule is COc1ccccc1NC(=O)[C@@H](C)OC(=O)c1ccc(C(C)C)cc1. The fourth-order valence-electron chi connectivity index (χ4n) is 2.27. The number of esters is 1. The van der Waals surface area contributed by atoms with Crippen molar-refractivity contribution in [3.05, 3.63) is 59.7 Å². The Kier molecular flexibility index (Phi) is 6.17. The van der Waals surface area contributed by atoms with Crippen molar-refractivity contribution >= 4 is 17.6 Å². The van der Waals surface area contributed by atoms with Crippen LogP contribution in [0, 0.1) is 0 Å². The first-order valence-corrected chi connectivity index (χ1v) is 8.17. The molecule has 0 bridgehead atoms. The van der Waals surface area contributed by atoms with Crippen LogP contribution in [0.5, 0.6) is 5.75 Å². The van der Waals surface area contributed by atoms with Gasteiger partial charge in [-0.1, -0.05) is 38.1 Å². The molecule has 0 radical (unpaired) electrons. The van der Waals surface area contributed by atoms with Crippen molar-refractivity contribution < 1.29 is 19.1 Å². The van der Waals surface area contributed by atoms with E-state index in [9.17, 15) is 9.59 Å². The van der Waals surface area contributed by atoms with Gasteiger partial charge in [-0.2, -0.15) is 0 Å². The van der Waals surface area contributed by atoms with Crippen molar-refractivity contribution in [2.24, 2.45) is 0 Å². The highest BCUT2D eigenvalue weighted by molar-refractivity contribution is 5.98. The smallest absolute Gasteiger partial charge is 0.338 e. The summed E-state index contributed by atoms with van der Waals surface area (Å²) >= 11 is 0. The average Bonchev–Trinajstić information content (AvgIpc) is 2.62. The van der Waals surface area contributed by atoms with Crippen molar-refractivity contribution in [1.82, 2.24) is 0 Å². The van der Waals surface area contributed by atoms with E-state index in [-0.39, 0.29) is 0 Å². The van der Waals surface area contributed by atoms with Gasteiger partial charge in [0.2, 0.25) is 0 Å². The number of ether oxygens (including phenoxy) is 2. The number of carbonyl (C=O) groups is 2. The first kappa shape index (κ1) is 18.5. The van der Waals surface area contributed by atoms with Gasteiger partial charge in [-0.05, 0) is 42.7 Å². The van der Waals surface area contributed by atoms with Gasteiger partial charge in [0.25, 0.3) is 5.91 Å². The Balaban J connectivity index is 1.99. The Bertz CT molecular complexity index is 738. The molecule has 0 aliphatic rings. The average molecular weight is 341 g/mol. The molecular weight excluding hydrogens is 318 g/mol. The summed E-state index contributed by atoms with van der Waals surface area (Å²) in [6.45, 7) is 5.69. The monoisotopic (exact) mass is 341 g/mol. The number of rotatable bonds is 6. The third kappa shape index (κ3) is 4.83. The number of hydrogen-bond donors (Lipinski definition) is 1. The van der Waals surface area contributed by atoms with E-state index in [2.05, 4.69) is 19.2 Å². The number of nitrogens with one attached hydrogen (secondary N) is 1. The number of amides is 1. The van der Waals surface area contributed by atoms with E-state index in [0.717, 1.165) is 5.56 Å². The molecule has 1 amide bonds. The molecule has 0 saturated carbocycles. The largest absolute Gasteiger partial charge is 0.495 e. The van der Waals surface area contributed by atoms with Crippen molar-refractivity contribution in [2.45, 2.75) is 32.8 Å². The predicted octanol–water partition coefficient (Wildman–Crippen LogP) is 4.00. The molecule has 1 atom stereocenters. The first-order chi connectivity index (χ1) is 11.9. The van der Waals surface area contributed by atoms with Crippen molar-refractivity contribution in [2.75, 3.05) is 12.4 Å². The number of methoxy groups -OCH3 is 1. The molecule has 5 nitrogen and oxygen atoms in total. The van der Waals surface area contributed by atoms with Crippen LogP contribution in [0.2, 0.25) is 0 Å². The van der Waals surface area contributed by atoms with Crippen LogP contribution >= 0.6 is 0 Å². The minimum atomic E-state index is -0.929. The highest BCUT2D eigenvalue weighted by Gasteiger charge is 2.20. The van der Waals surface area contributed by atoms with Crippen molar-refractivity contribution in [3.8, 4) is 5.75 Å². The van der Waals surface area contributed by atoms with E-state index in [1.807, 2.05) is 12.1 Å². The van der Waals surface area contributed by atoms with E-state index in [0.29, 0.717) is 22.9 Å². The lowest BCUT2D eigenvalue weighted by molar-refractivity contribution is -0.123. The molecule has 5 heteroatoms. The van der Waals surface area contributed by atoms with Crippen LogP contribution in [0.4, 0.5) is 5.69 Å². The Labute approximate surface area is 148 Å². The summed E-state index contributed by atoms with van der Waals surface area (Å²) in [6.07, 6.45) is -0.929. The molecule has 132 valence electrons. The van der Waals surface area contributed by atoms with Gasteiger partial charge in [0.15, 0.2) is 6.10 Å². The van der Waals surface area contributed by atoms with Crippen LogP contribution in [-0.2, 0) is 9.53 Å². The second kappa shape index (κ2) is 8.33. The molecule has 0 heterocycles. The number of para-hydroxylation sites is 2. The van der Waals surface area contributed by atoms with E-state index in [1.54, 1.807) is 36.4 Å². The number of anilines is 1. The van der Waals surface area contributed by atoms with Gasteiger partial charge in [0.05, 0.1) is 18.4 Å². The molecule has 2 aromatic carbocycles. The molecule has 25 heavy (non-hydrogen) atoms. The molecule has 0 spiro atoms. The molecule has 0 aliphatic carbocycles. The van der Waals surface area contributed by atoms with Gasteiger partial charge in [0, 0.05) is 0 Å². The van der Waals surface area contributed by atoms with Crippen LogP contribution in [0.25, 0.3) is 0 Å².